The lowest BCUT2D eigenvalue weighted by Crippen LogP contribution is -2.49. The number of piperidine rings is 1. The Morgan fingerprint density at radius 1 is 0.903 bits per heavy atom. The highest BCUT2D eigenvalue weighted by Gasteiger charge is 2.36. The number of likely N-dealkylation sites (tertiary alicyclic amines) is 1. The van der Waals surface area contributed by atoms with E-state index in [0.29, 0.717) is 16.8 Å². The molecule has 1 saturated heterocycles. The van der Waals surface area contributed by atoms with Crippen LogP contribution < -0.4 is 4.90 Å². The van der Waals surface area contributed by atoms with Crippen LogP contribution in [0, 0.1) is 0 Å². The maximum atomic E-state index is 12.6. The number of esters is 1. The van der Waals surface area contributed by atoms with Gasteiger partial charge in [0.2, 0.25) is 0 Å². The molecule has 2 unspecified atom stereocenters. The molecule has 2 aliphatic heterocycles. The number of nitrogens with zero attached hydrogens (tertiary/aromatic N) is 2. The lowest BCUT2D eigenvalue weighted by Gasteiger charge is -2.38. The molecule has 2 heterocycles. The normalized spacial score (nSPS) is 20.6. The predicted molar refractivity (Wildman–Crippen MR) is 114 cm³/mol. The van der Waals surface area contributed by atoms with Gasteiger partial charge in [0.15, 0.2) is 6.61 Å². The van der Waals surface area contributed by atoms with Gasteiger partial charge in [-0.15, -0.1) is 0 Å². The largest absolute Gasteiger partial charge is 0.452 e. The van der Waals surface area contributed by atoms with E-state index in [1.165, 1.54) is 24.3 Å². The zero-order valence-corrected chi connectivity index (χ0v) is 17.5. The summed E-state index contributed by atoms with van der Waals surface area (Å²) in [5.41, 5.74) is 1.33. The van der Waals surface area contributed by atoms with Crippen molar-refractivity contribution in [3.8, 4) is 0 Å². The Balaban J connectivity index is 1.41. The van der Waals surface area contributed by atoms with Gasteiger partial charge >= 0.3 is 5.97 Å². The third kappa shape index (κ3) is 3.83. The summed E-state index contributed by atoms with van der Waals surface area (Å²) < 4.78 is 5.22. The van der Waals surface area contributed by atoms with Crippen molar-refractivity contribution in [1.29, 1.82) is 0 Å². The Kier molecular flexibility index (Phi) is 5.59. The van der Waals surface area contributed by atoms with Gasteiger partial charge in [0.1, 0.15) is 0 Å². The smallest absolute Gasteiger partial charge is 0.338 e. The summed E-state index contributed by atoms with van der Waals surface area (Å²) in [6.07, 6.45) is 2.98. The Morgan fingerprint density at radius 2 is 1.45 bits per heavy atom. The fourth-order valence-electron chi connectivity index (χ4n) is 4.37. The van der Waals surface area contributed by atoms with E-state index >= 15 is 0 Å². The number of benzene rings is 2. The monoisotopic (exact) mass is 420 g/mol. The van der Waals surface area contributed by atoms with E-state index in [4.69, 9.17) is 4.74 Å². The van der Waals surface area contributed by atoms with Gasteiger partial charge in [0.25, 0.3) is 17.7 Å². The van der Waals surface area contributed by atoms with Gasteiger partial charge in [-0.1, -0.05) is 12.1 Å². The van der Waals surface area contributed by atoms with Crippen LogP contribution in [0.2, 0.25) is 0 Å². The first-order chi connectivity index (χ1) is 14.9. The molecule has 0 aromatic heterocycles. The number of rotatable bonds is 4. The number of anilines is 1. The van der Waals surface area contributed by atoms with Gasteiger partial charge in [0.05, 0.1) is 22.4 Å². The fourth-order valence-corrected chi connectivity index (χ4v) is 4.37. The molecule has 31 heavy (non-hydrogen) atoms. The zero-order valence-electron chi connectivity index (χ0n) is 17.5. The molecule has 7 nitrogen and oxygen atoms in total. The van der Waals surface area contributed by atoms with Crippen LogP contribution in [0.3, 0.4) is 0 Å². The highest BCUT2D eigenvalue weighted by Crippen LogP contribution is 2.28. The van der Waals surface area contributed by atoms with E-state index in [1.54, 1.807) is 29.2 Å². The van der Waals surface area contributed by atoms with Crippen molar-refractivity contribution >= 4 is 29.4 Å². The summed E-state index contributed by atoms with van der Waals surface area (Å²) in [6.45, 7) is 3.70. The molecule has 0 N–H and O–H groups in total. The first kappa shape index (κ1) is 20.8. The van der Waals surface area contributed by atoms with E-state index in [1.807, 2.05) is 13.8 Å². The van der Waals surface area contributed by atoms with Gasteiger partial charge in [-0.3, -0.25) is 14.4 Å². The van der Waals surface area contributed by atoms with Crippen LogP contribution in [0.1, 0.15) is 64.2 Å². The fraction of sp³-hybridized carbons (Fsp3) is 0.333. The molecule has 7 heteroatoms. The van der Waals surface area contributed by atoms with Crippen LogP contribution in [-0.2, 0) is 9.53 Å². The second-order valence-corrected chi connectivity index (χ2v) is 8.04. The SMILES string of the molecule is CC1CCCC(C)N1C(=O)COC(=O)c1ccc(N2C(=O)c3ccccc3C2=O)cc1. The molecule has 0 radical (unpaired) electrons. The van der Waals surface area contributed by atoms with Crippen molar-refractivity contribution in [2.24, 2.45) is 0 Å². The molecule has 0 spiro atoms. The van der Waals surface area contributed by atoms with Gasteiger partial charge in [-0.05, 0) is 69.5 Å². The first-order valence-electron chi connectivity index (χ1n) is 10.4. The molecule has 4 rings (SSSR count). The summed E-state index contributed by atoms with van der Waals surface area (Å²) in [4.78, 5) is 53.0. The maximum Gasteiger partial charge on any atom is 0.338 e. The van der Waals surface area contributed by atoms with Gasteiger partial charge < -0.3 is 9.64 Å². The van der Waals surface area contributed by atoms with E-state index < -0.39 is 17.8 Å². The number of amides is 3. The van der Waals surface area contributed by atoms with Crippen molar-refractivity contribution in [3.05, 3.63) is 65.2 Å². The number of fused-ring (bicyclic) bond motifs is 1. The maximum absolute atomic E-state index is 12.6. The predicted octanol–water partition coefficient (Wildman–Crippen LogP) is 3.43. The minimum Gasteiger partial charge on any atom is -0.452 e. The molecular formula is C24H24N2O5. The molecule has 2 aliphatic rings. The Hall–Kier alpha value is -3.48. The lowest BCUT2D eigenvalue weighted by molar-refractivity contribution is -0.140. The average molecular weight is 420 g/mol. The molecule has 3 amide bonds. The van der Waals surface area contributed by atoms with E-state index in [-0.39, 0.29) is 30.2 Å². The van der Waals surface area contributed by atoms with Crippen LogP contribution in [0.15, 0.2) is 48.5 Å². The van der Waals surface area contributed by atoms with Crippen molar-refractivity contribution in [3.63, 3.8) is 0 Å². The average Bonchev–Trinajstić information content (AvgIpc) is 3.02. The van der Waals surface area contributed by atoms with E-state index in [0.717, 1.165) is 24.2 Å². The van der Waals surface area contributed by atoms with Crippen molar-refractivity contribution in [2.45, 2.75) is 45.2 Å². The number of ether oxygens (including phenoxy) is 1. The minimum absolute atomic E-state index is 0.133. The summed E-state index contributed by atoms with van der Waals surface area (Å²) in [5, 5.41) is 0. The second-order valence-electron chi connectivity index (χ2n) is 8.04. The molecule has 1 fully saturated rings. The van der Waals surface area contributed by atoms with Crippen LogP contribution >= 0.6 is 0 Å². The molecule has 2 atom stereocenters. The summed E-state index contributed by atoms with van der Waals surface area (Å²) in [5.74, 6) is -1.62. The van der Waals surface area contributed by atoms with E-state index in [2.05, 4.69) is 0 Å². The number of hydrogen-bond donors (Lipinski definition) is 0. The summed E-state index contributed by atoms with van der Waals surface area (Å²) in [7, 11) is 0. The number of hydrogen-bond acceptors (Lipinski definition) is 5. The number of carbonyl (C=O) groups is 4. The summed E-state index contributed by atoms with van der Waals surface area (Å²) >= 11 is 0. The molecule has 2 aromatic rings. The van der Waals surface area contributed by atoms with Crippen LogP contribution in [0.5, 0.6) is 0 Å². The molecule has 0 bridgehead atoms. The topological polar surface area (TPSA) is 84.0 Å². The van der Waals surface area contributed by atoms with Crippen LogP contribution in [0.25, 0.3) is 0 Å². The Labute approximate surface area is 180 Å². The lowest BCUT2D eigenvalue weighted by atomic mass is 9.97. The van der Waals surface area contributed by atoms with Crippen molar-refractivity contribution in [2.75, 3.05) is 11.5 Å². The van der Waals surface area contributed by atoms with Crippen LogP contribution in [-0.4, -0.2) is 47.3 Å². The zero-order chi connectivity index (χ0) is 22.1. The Morgan fingerprint density at radius 3 is 2.00 bits per heavy atom. The van der Waals surface area contributed by atoms with Crippen LogP contribution in [0.4, 0.5) is 5.69 Å². The van der Waals surface area contributed by atoms with E-state index in [9.17, 15) is 19.2 Å². The second kappa shape index (κ2) is 8.34. The van der Waals surface area contributed by atoms with Gasteiger partial charge in [-0.2, -0.15) is 0 Å². The minimum atomic E-state index is -0.625. The highest BCUT2D eigenvalue weighted by molar-refractivity contribution is 6.34. The molecule has 0 aliphatic carbocycles. The highest BCUT2D eigenvalue weighted by atomic mass is 16.5. The summed E-state index contributed by atoms with van der Waals surface area (Å²) in [6, 6.07) is 12.9. The number of imide groups is 1. The van der Waals surface area contributed by atoms with Crippen molar-refractivity contribution in [1.82, 2.24) is 4.90 Å². The standard InChI is InChI=1S/C24H24N2O5/c1-15-6-5-7-16(2)25(15)21(27)14-31-24(30)17-10-12-18(13-11-17)26-22(28)19-8-3-4-9-20(19)23(26)29/h3-4,8-13,15-16H,5-7,14H2,1-2H3. The third-order valence-electron chi connectivity index (χ3n) is 5.96. The molecule has 2 aromatic carbocycles. The van der Waals surface area contributed by atoms with Gasteiger partial charge in [0, 0.05) is 12.1 Å². The molecule has 160 valence electrons. The Bertz CT molecular complexity index is 1000. The molecule has 0 saturated carbocycles. The van der Waals surface area contributed by atoms with Crippen molar-refractivity contribution < 1.29 is 23.9 Å². The number of carbonyl (C=O) groups excluding carboxylic acids is 4. The molecular weight excluding hydrogens is 396 g/mol. The van der Waals surface area contributed by atoms with Gasteiger partial charge in [-0.25, -0.2) is 9.69 Å². The third-order valence-corrected chi connectivity index (χ3v) is 5.96. The first-order valence-corrected chi connectivity index (χ1v) is 10.4. The quantitative estimate of drug-likeness (QED) is 0.559.